The number of rotatable bonds is 2. The molecule has 2 heteroatoms. The molecule has 0 aromatic carbocycles. The summed E-state index contributed by atoms with van der Waals surface area (Å²) in [6.45, 7) is 2.10. The maximum atomic E-state index is 5.18. The smallest absolute Gasteiger partial charge is 0.117 e. The Morgan fingerprint density at radius 3 is 2.89 bits per heavy atom. The van der Waals surface area contributed by atoms with Gasteiger partial charge in [0.25, 0.3) is 0 Å². The Labute approximate surface area is 59.4 Å². The number of hydrogen-bond donors (Lipinski definition) is 0. The van der Waals surface area contributed by atoms with Gasteiger partial charge in [0.2, 0.25) is 0 Å². The van der Waals surface area contributed by atoms with E-state index in [0.717, 1.165) is 12.2 Å². The zero-order valence-corrected chi connectivity index (χ0v) is 6.49. The van der Waals surface area contributed by atoms with Gasteiger partial charge in [-0.1, -0.05) is 6.92 Å². The molecule has 0 aliphatic heterocycles. The van der Waals surface area contributed by atoms with Crippen molar-refractivity contribution in [1.29, 1.82) is 0 Å². The minimum atomic E-state index is 0.989. The summed E-state index contributed by atoms with van der Waals surface area (Å²) in [4.78, 5) is 1.26. The topological polar surface area (TPSA) is 13.1 Å². The van der Waals surface area contributed by atoms with Crippen molar-refractivity contribution in [2.24, 2.45) is 0 Å². The lowest BCUT2D eigenvalue weighted by Gasteiger charge is -1.91. The fourth-order valence-corrected chi connectivity index (χ4v) is 1.38. The molecule has 0 saturated heterocycles. The first-order chi connectivity index (χ1) is 4.38. The lowest BCUT2D eigenvalue weighted by molar-refractivity contribution is 0.508. The van der Waals surface area contributed by atoms with Gasteiger partial charge in [-0.3, -0.25) is 0 Å². The van der Waals surface area contributed by atoms with Gasteiger partial charge in [0.1, 0.15) is 5.76 Å². The van der Waals surface area contributed by atoms with E-state index < -0.39 is 0 Å². The van der Waals surface area contributed by atoms with Gasteiger partial charge in [-0.15, -0.1) is 11.8 Å². The third-order valence-corrected chi connectivity index (χ3v) is 2.05. The first-order valence-corrected chi connectivity index (χ1v) is 4.21. The summed E-state index contributed by atoms with van der Waals surface area (Å²) in [6.07, 6.45) is 4.79. The van der Waals surface area contributed by atoms with Gasteiger partial charge in [-0.05, 0) is 12.3 Å². The van der Waals surface area contributed by atoms with Gasteiger partial charge >= 0.3 is 0 Å². The molecule has 0 amide bonds. The molecular formula is C7H10OS. The monoisotopic (exact) mass is 142 g/mol. The summed E-state index contributed by atoms with van der Waals surface area (Å²) in [5, 5.41) is 0. The Balaban J connectivity index is 2.85. The van der Waals surface area contributed by atoms with E-state index in [-0.39, 0.29) is 0 Å². The molecule has 0 aliphatic carbocycles. The number of furan rings is 1. The first kappa shape index (κ1) is 6.75. The summed E-state index contributed by atoms with van der Waals surface area (Å²) in [6, 6.07) is 2.00. The zero-order chi connectivity index (χ0) is 6.69. The average Bonchev–Trinajstić information content (AvgIpc) is 2.33. The largest absolute Gasteiger partial charge is 0.468 e. The van der Waals surface area contributed by atoms with Crippen LogP contribution < -0.4 is 0 Å². The highest BCUT2D eigenvalue weighted by molar-refractivity contribution is 7.98. The second kappa shape index (κ2) is 2.97. The quantitative estimate of drug-likeness (QED) is 0.589. The van der Waals surface area contributed by atoms with Gasteiger partial charge in [-0.2, -0.15) is 0 Å². The maximum absolute atomic E-state index is 5.18. The number of thioether (sulfide) groups is 1. The van der Waals surface area contributed by atoms with E-state index in [1.807, 2.05) is 6.07 Å². The van der Waals surface area contributed by atoms with E-state index in [1.165, 1.54) is 4.90 Å². The van der Waals surface area contributed by atoms with Crippen molar-refractivity contribution in [2.45, 2.75) is 18.2 Å². The van der Waals surface area contributed by atoms with Crippen LogP contribution in [-0.2, 0) is 6.42 Å². The van der Waals surface area contributed by atoms with Crippen LogP contribution in [0.25, 0.3) is 0 Å². The van der Waals surface area contributed by atoms with Crippen molar-refractivity contribution in [3.63, 3.8) is 0 Å². The van der Waals surface area contributed by atoms with Gasteiger partial charge in [0.05, 0.1) is 6.26 Å². The van der Waals surface area contributed by atoms with Crippen molar-refractivity contribution in [1.82, 2.24) is 0 Å². The minimum absolute atomic E-state index is 0.989. The van der Waals surface area contributed by atoms with Gasteiger partial charge in [0, 0.05) is 11.3 Å². The lowest BCUT2D eigenvalue weighted by atomic mass is 10.4. The number of hydrogen-bond acceptors (Lipinski definition) is 2. The predicted octanol–water partition coefficient (Wildman–Crippen LogP) is 2.56. The van der Waals surface area contributed by atoms with Gasteiger partial charge in [0.15, 0.2) is 0 Å². The van der Waals surface area contributed by atoms with E-state index in [0.29, 0.717) is 0 Å². The molecule has 50 valence electrons. The average molecular weight is 142 g/mol. The predicted molar refractivity (Wildman–Crippen MR) is 39.9 cm³/mol. The summed E-state index contributed by atoms with van der Waals surface area (Å²) >= 11 is 1.73. The van der Waals surface area contributed by atoms with Crippen LogP contribution in [0.3, 0.4) is 0 Å². The molecule has 0 saturated carbocycles. The summed E-state index contributed by atoms with van der Waals surface area (Å²) in [5.41, 5.74) is 0. The summed E-state index contributed by atoms with van der Waals surface area (Å²) in [7, 11) is 0. The molecule has 0 N–H and O–H groups in total. The minimum Gasteiger partial charge on any atom is -0.468 e. The van der Waals surface area contributed by atoms with Crippen LogP contribution in [0.2, 0.25) is 0 Å². The summed E-state index contributed by atoms with van der Waals surface area (Å²) in [5.74, 6) is 1.10. The van der Waals surface area contributed by atoms with E-state index in [1.54, 1.807) is 18.0 Å². The van der Waals surface area contributed by atoms with Crippen LogP contribution in [0.4, 0.5) is 0 Å². The highest BCUT2D eigenvalue weighted by Gasteiger charge is 1.99. The fourth-order valence-electron chi connectivity index (χ4n) is 0.768. The Morgan fingerprint density at radius 2 is 2.44 bits per heavy atom. The normalized spacial score (nSPS) is 10.0. The molecule has 1 rings (SSSR count). The molecule has 0 unspecified atom stereocenters. The second-order valence-corrected chi connectivity index (χ2v) is 2.61. The molecule has 1 aromatic rings. The highest BCUT2D eigenvalue weighted by atomic mass is 32.2. The molecular weight excluding hydrogens is 132 g/mol. The van der Waals surface area contributed by atoms with Crippen LogP contribution in [0, 0.1) is 0 Å². The zero-order valence-electron chi connectivity index (χ0n) is 5.68. The van der Waals surface area contributed by atoms with Crippen LogP contribution >= 0.6 is 11.8 Å². The van der Waals surface area contributed by atoms with Crippen molar-refractivity contribution >= 4 is 11.8 Å². The van der Waals surface area contributed by atoms with E-state index in [2.05, 4.69) is 13.2 Å². The van der Waals surface area contributed by atoms with Crippen LogP contribution in [0.5, 0.6) is 0 Å². The van der Waals surface area contributed by atoms with Crippen LogP contribution in [0.15, 0.2) is 21.6 Å². The molecule has 1 nitrogen and oxygen atoms in total. The highest BCUT2D eigenvalue weighted by Crippen LogP contribution is 2.20. The van der Waals surface area contributed by atoms with E-state index in [9.17, 15) is 0 Å². The molecule has 1 heterocycles. The number of aryl methyl sites for hydroxylation is 1. The first-order valence-electron chi connectivity index (χ1n) is 2.98. The van der Waals surface area contributed by atoms with E-state index in [4.69, 9.17) is 4.42 Å². The Bertz CT molecular complexity index is 162. The van der Waals surface area contributed by atoms with Gasteiger partial charge < -0.3 is 4.42 Å². The molecule has 0 bridgehead atoms. The van der Waals surface area contributed by atoms with Crippen molar-refractivity contribution in [3.05, 3.63) is 18.1 Å². The molecule has 9 heavy (non-hydrogen) atoms. The molecule has 0 radical (unpaired) electrons. The molecule has 0 aliphatic rings. The third kappa shape index (κ3) is 1.30. The van der Waals surface area contributed by atoms with Crippen molar-refractivity contribution < 1.29 is 4.42 Å². The lowest BCUT2D eigenvalue weighted by Crippen LogP contribution is -1.74. The Kier molecular flexibility index (Phi) is 2.22. The Morgan fingerprint density at radius 1 is 1.67 bits per heavy atom. The molecule has 1 aromatic heterocycles. The standard InChI is InChI=1S/C7H10OS/c1-3-6-7(9-2)4-5-8-6/h4-5H,3H2,1-2H3. The molecule has 0 atom stereocenters. The molecule has 0 fully saturated rings. The third-order valence-electron chi connectivity index (χ3n) is 1.25. The van der Waals surface area contributed by atoms with Crippen LogP contribution in [-0.4, -0.2) is 6.26 Å². The fraction of sp³-hybridized carbons (Fsp3) is 0.429. The Hall–Kier alpha value is -0.370. The van der Waals surface area contributed by atoms with Crippen molar-refractivity contribution in [3.8, 4) is 0 Å². The van der Waals surface area contributed by atoms with Crippen molar-refractivity contribution in [2.75, 3.05) is 6.26 Å². The van der Waals surface area contributed by atoms with Gasteiger partial charge in [-0.25, -0.2) is 0 Å². The van der Waals surface area contributed by atoms with E-state index >= 15 is 0 Å². The maximum Gasteiger partial charge on any atom is 0.117 e. The van der Waals surface area contributed by atoms with Crippen LogP contribution in [0.1, 0.15) is 12.7 Å². The SMILES string of the molecule is CCc1occc1SC. The molecule has 0 spiro atoms. The summed E-state index contributed by atoms with van der Waals surface area (Å²) < 4.78 is 5.18. The second-order valence-electron chi connectivity index (χ2n) is 1.77.